The fraction of sp³-hybridized carbons (Fsp3) is 0.545. The third kappa shape index (κ3) is 3.62. The number of aromatic nitrogens is 1. The van der Waals surface area contributed by atoms with E-state index in [1.807, 2.05) is 14.1 Å². The van der Waals surface area contributed by atoms with Gasteiger partial charge < -0.3 is 15.6 Å². The molecule has 7 heteroatoms. The number of likely N-dealkylation sites (N-methyl/N-ethyl adjacent to an activating group) is 1. The molecular weight excluding hydrogens is 273 g/mol. The van der Waals surface area contributed by atoms with Gasteiger partial charge in [-0.05, 0) is 34.0 Å². The van der Waals surface area contributed by atoms with Gasteiger partial charge in [-0.25, -0.2) is 10.8 Å². The summed E-state index contributed by atoms with van der Waals surface area (Å²) in [7, 11) is 4.04. The zero-order chi connectivity index (χ0) is 13.9. The van der Waals surface area contributed by atoms with Crippen LogP contribution in [0.25, 0.3) is 0 Å². The summed E-state index contributed by atoms with van der Waals surface area (Å²) in [5, 5.41) is 4.05. The quantitative estimate of drug-likeness (QED) is 0.574. The minimum atomic E-state index is -0.0268. The maximum absolute atomic E-state index is 6.08. The summed E-state index contributed by atoms with van der Waals surface area (Å²) in [6.07, 6.45) is 0. The Morgan fingerprint density at radius 3 is 2.33 bits per heavy atom. The second-order valence-corrected chi connectivity index (χ2v) is 5.67. The summed E-state index contributed by atoms with van der Waals surface area (Å²) in [4.78, 5) is 6.34. The Hall–Kier alpha value is -0.750. The first-order valence-corrected chi connectivity index (χ1v) is 6.27. The lowest BCUT2D eigenvalue weighted by Crippen LogP contribution is -2.44. The van der Waals surface area contributed by atoms with Crippen LogP contribution in [0, 0.1) is 0 Å². The average molecular weight is 292 g/mol. The van der Waals surface area contributed by atoms with E-state index in [9.17, 15) is 0 Å². The Balaban J connectivity index is 2.85. The van der Waals surface area contributed by atoms with Crippen LogP contribution in [-0.2, 0) is 0 Å². The van der Waals surface area contributed by atoms with Crippen LogP contribution in [-0.4, -0.2) is 36.1 Å². The fourth-order valence-electron chi connectivity index (χ4n) is 1.15. The zero-order valence-corrected chi connectivity index (χ0v) is 12.5. The van der Waals surface area contributed by atoms with Gasteiger partial charge in [0.2, 0.25) is 0 Å². The Labute approximate surface area is 118 Å². The number of nitrogens with two attached hydrogens (primary N) is 1. The summed E-state index contributed by atoms with van der Waals surface area (Å²) in [6.45, 7) is 4.93. The number of nitrogen functional groups attached to an aromatic ring is 1. The molecule has 0 fully saturated rings. The van der Waals surface area contributed by atoms with Gasteiger partial charge in [0.15, 0.2) is 5.82 Å². The molecule has 0 aliphatic rings. The largest absolute Gasteiger partial charge is 0.367 e. The Bertz CT molecular complexity index is 420. The molecule has 18 heavy (non-hydrogen) atoms. The van der Waals surface area contributed by atoms with Crippen LogP contribution < -0.4 is 16.6 Å². The van der Waals surface area contributed by atoms with Crippen molar-refractivity contribution >= 4 is 34.8 Å². The molecule has 0 saturated heterocycles. The Kier molecular flexibility index (Phi) is 5.04. The molecule has 1 heterocycles. The molecule has 0 bridgehead atoms. The molecule has 0 saturated carbocycles. The monoisotopic (exact) mass is 291 g/mol. The molecule has 0 spiro atoms. The van der Waals surface area contributed by atoms with Crippen LogP contribution in [0.1, 0.15) is 13.8 Å². The number of nitrogens with zero attached hydrogens (tertiary/aromatic N) is 2. The molecule has 5 nitrogen and oxygen atoms in total. The van der Waals surface area contributed by atoms with Gasteiger partial charge in [-0.15, -0.1) is 0 Å². The number of anilines is 2. The van der Waals surface area contributed by atoms with Crippen LogP contribution >= 0.6 is 23.2 Å². The van der Waals surface area contributed by atoms with E-state index in [2.05, 4.69) is 34.5 Å². The average Bonchev–Trinajstić information content (AvgIpc) is 2.27. The number of halogens is 2. The number of hydrogen-bond acceptors (Lipinski definition) is 5. The predicted octanol–water partition coefficient (Wildman–Crippen LogP) is 2.43. The summed E-state index contributed by atoms with van der Waals surface area (Å²) < 4.78 is 0. The number of hydrogen-bond donors (Lipinski definition) is 3. The van der Waals surface area contributed by atoms with Gasteiger partial charge in [0, 0.05) is 12.1 Å². The normalized spacial score (nSPS) is 11.8. The third-order valence-corrected chi connectivity index (χ3v) is 3.54. The molecule has 0 atom stereocenters. The first-order valence-electron chi connectivity index (χ1n) is 5.52. The van der Waals surface area contributed by atoms with Gasteiger partial charge in [-0.3, -0.25) is 0 Å². The van der Waals surface area contributed by atoms with Crippen molar-refractivity contribution < 1.29 is 0 Å². The summed E-state index contributed by atoms with van der Waals surface area (Å²) in [5.74, 6) is 6.28. The van der Waals surface area contributed by atoms with Gasteiger partial charge in [-0.2, -0.15) is 0 Å². The second-order valence-electron chi connectivity index (χ2n) is 4.85. The van der Waals surface area contributed by atoms with Crippen LogP contribution in [0.15, 0.2) is 6.07 Å². The van der Waals surface area contributed by atoms with Crippen molar-refractivity contribution in [3.63, 3.8) is 0 Å². The lowest BCUT2D eigenvalue weighted by atomic mass is 10.0. The molecule has 0 amide bonds. The van der Waals surface area contributed by atoms with E-state index in [4.69, 9.17) is 29.0 Å². The summed E-state index contributed by atoms with van der Waals surface area (Å²) in [6, 6.07) is 1.61. The fourth-order valence-corrected chi connectivity index (χ4v) is 1.63. The zero-order valence-electron chi connectivity index (χ0n) is 11.0. The summed E-state index contributed by atoms with van der Waals surface area (Å²) in [5.41, 5.74) is 2.40. The van der Waals surface area contributed by atoms with Crippen molar-refractivity contribution in [2.45, 2.75) is 19.4 Å². The maximum Gasteiger partial charge on any atom is 0.161 e. The van der Waals surface area contributed by atoms with E-state index in [1.54, 1.807) is 6.07 Å². The first kappa shape index (κ1) is 15.3. The van der Waals surface area contributed by atoms with Crippen molar-refractivity contribution in [2.75, 3.05) is 31.4 Å². The minimum Gasteiger partial charge on any atom is -0.367 e. The molecule has 1 aromatic heterocycles. The van der Waals surface area contributed by atoms with Gasteiger partial charge in [0.1, 0.15) is 5.82 Å². The van der Waals surface area contributed by atoms with Crippen LogP contribution in [0.4, 0.5) is 11.6 Å². The molecule has 1 aromatic rings. The molecule has 1 rings (SSSR count). The van der Waals surface area contributed by atoms with E-state index in [-0.39, 0.29) is 5.54 Å². The van der Waals surface area contributed by atoms with Crippen LogP contribution in [0.3, 0.4) is 0 Å². The first-order chi connectivity index (χ1) is 8.27. The van der Waals surface area contributed by atoms with E-state index in [0.29, 0.717) is 28.2 Å². The highest BCUT2D eigenvalue weighted by atomic mass is 35.5. The Morgan fingerprint density at radius 2 is 1.83 bits per heavy atom. The second kappa shape index (κ2) is 5.93. The highest BCUT2D eigenvalue weighted by Gasteiger charge is 2.21. The topological polar surface area (TPSA) is 66.2 Å². The van der Waals surface area contributed by atoms with Crippen molar-refractivity contribution in [2.24, 2.45) is 5.84 Å². The molecule has 0 radical (unpaired) electrons. The van der Waals surface area contributed by atoms with Gasteiger partial charge in [0.25, 0.3) is 0 Å². The van der Waals surface area contributed by atoms with Gasteiger partial charge in [-0.1, -0.05) is 23.2 Å². The SMILES string of the molecule is CN(C)C(C)(C)CNc1nc(NN)c(Cl)cc1Cl. The van der Waals surface area contributed by atoms with Crippen molar-refractivity contribution in [1.29, 1.82) is 0 Å². The van der Waals surface area contributed by atoms with Crippen molar-refractivity contribution in [1.82, 2.24) is 9.88 Å². The molecule has 0 aromatic carbocycles. The van der Waals surface area contributed by atoms with E-state index < -0.39 is 0 Å². The molecule has 0 aliphatic carbocycles. The van der Waals surface area contributed by atoms with E-state index >= 15 is 0 Å². The lowest BCUT2D eigenvalue weighted by molar-refractivity contribution is 0.210. The highest BCUT2D eigenvalue weighted by molar-refractivity contribution is 6.37. The third-order valence-electron chi connectivity index (χ3n) is 2.97. The standard InChI is InChI=1S/C11H19Cl2N5/c1-11(2,18(3)4)6-15-9-7(12)5-8(13)10(16-9)17-14/h5H,6,14H2,1-4H3,(H2,15,16,17). The smallest absolute Gasteiger partial charge is 0.161 e. The minimum absolute atomic E-state index is 0.0268. The van der Waals surface area contributed by atoms with E-state index in [0.717, 1.165) is 0 Å². The molecule has 0 aliphatic heterocycles. The number of nitrogens with one attached hydrogen (secondary N) is 2. The van der Waals surface area contributed by atoms with Crippen molar-refractivity contribution in [3.8, 4) is 0 Å². The maximum atomic E-state index is 6.08. The lowest BCUT2D eigenvalue weighted by Gasteiger charge is -2.33. The molecule has 4 N–H and O–H groups in total. The molecule has 102 valence electrons. The molecule has 0 unspecified atom stereocenters. The van der Waals surface area contributed by atoms with Crippen LogP contribution in [0.5, 0.6) is 0 Å². The predicted molar refractivity (Wildman–Crippen MR) is 78.3 cm³/mol. The Morgan fingerprint density at radius 1 is 1.28 bits per heavy atom. The van der Waals surface area contributed by atoms with Gasteiger partial charge in [0.05, 0.1) is 10.0 Å². The molecular formula is C11H19Cl2N5. The van der Waals surface area contributed by atoms with Crippen LogP contribution in [0.2, 0.25) is 10.0 Å². The number of rotatable bonds is 5. The van der Waals surface area contributed by atoms with Crippen molar-refractivity contribution in [3.05, 3.63) is 16.1 Å². The van der Waals surface area contributed by atoms with E-state index in [1.165, 1.54) is 0 Å². The van der Waals surface area contributed by atoms with Gasteiger partial charge >= 0.3 is 0 Å². The summed E-state index contributed by atoms with van der Waals surface area (Å²) >= 11 is 12.0. The number of hydrazine groups is 1. The highest BCUT2D eigenvalue weighted by Crippen LogP contribution is 2.29. The number of pyridine rings is 1.